The van der Waals surface area contributed by atoms with Crippen LogP contribution < -0.4 is 10.6 Å². The molecule has 1 aliphatic heterocycles. The van der Waals surface area contributed by atoms with Gasteiger partial charge >= 0.3 is 0 Å². The van der Waals surface area contributed by atoms with Gasteiger partial charge in [0.2, 0.25) is 5.91 Å². The van der Waals surface area contributed by atoms with Gasteiger partial charge in [0.05, 0.1) is 0 Å². The molecule has 3 heteroatoms. The Labute approximate surface area is 121 Å². The molecule has 20 heavy (non-hydrogen) atoms. The van der Waals surface area contributed by atoms with Crippen LogP contribution in [0.25, 0.3) is 0 Å². The average Bonchev–Trinajstić information content (AvgIpc) is 2.72. The molecular formula is C17H24N2O. The first-order valence-corrected chi connectivity index (χ1v) is 7.46. The van der Waals surface area contributed by atoms with E-state index in [9.17, 15) is 4.79 Å². The molecule has 1 unspecified atom stereocenters. The van der Waals surface area contributed by atoms with Gasteiger partial charge in [0.1, 0.15) is 0 Å². The third-order valence-corrected chi connectivity index (χ3v) is 5.70. The van der Waals surface area contributed by atoms with Crippen LogP contribution in [0.4, 0.5) is 5.69 Å². The second kappa shape index (κ2) is 4.24. The van der Waals surface area contributed by atoms with Crippen molar-refractivity contribution >= 4 is 11.6 Å². The van der Waals surface area contributed by atoms with Crippen molar-refractivity contribution in [3.05, 3.63) is 29.8 Å². The molecule has 1 aromatic carbocycles. The van der Waals surface area contributed by atoms with Gasteiger partial charge in [-0.3, -0.25) is 4.79 Å². The Bertz CT molecular complexity index is 534. The molecule has 3 rings (SSSR count). The van der Waals surface area contributed by atoms with Crippen LogP contribution >= 0.6 is 0 Å². The second-order valence-corrected chi connectivity index (χ2v) is 7.31. The van der Waals surface area contributed by atoms with Crippen LogP contribution in [0.2, 0.25) is 0 Å². The zero-order valence-electron chi connectivity index (χ0n) is 12.8. The Morgan fingerprint density at radius 1 is 1.25 bits per heavy atom. The average molecular weight is 272 g/mol. The van der Waals surface area contributed by atoms with E-state index in [4.69, 9.17) is 0 Å². The summed E-state index contributed by atoms with van der Waals surface area (Å²) in [7, 11) is 0. The normalized spacial score (nSPS) is 25.7. The number of amides is 1. The van der Waals surface area contributed by atoms with Gasteiger partial charge in [-0.1, -0.05) is 45.9 Å². The molecule has 1 aliphatic carbocycles. The second-order valence-electron chi connectivity index (χ2n) is 7.31. The predicted molar refractivity (Wildman–Crippen MR) is 81.8 cm³/mol. The maximum absolute atomic E-state index is 12.3. The van der Waals surface area contributed by atoms with Gasteiger partial charge in [-0.05, 0) is 22.5 Å². The molecule has 3 nitrogen and oxygen atoms in total. The van der Waals surface area contributed by atoms with Gasteiger partial charge in [-0.2, -0.15) is 0 Å². The van der Waals surface area contributed by atoms with Gasteiger partial charge < -0.3 is 10.6 Å². The number of carbonyl (C=O) groups excluding carboxylic acids is 1. The zero-order chi connectivity index (χ0) is 14.5. The zero-order valence-corrected chi connectivity index (χ0v) is 12.8. The van der Waals surface area contributed by atoms with Gasteiger partial charge in [-0.25, -0.2) is 0 Å². The van der Waals surface area contributed by atoms with Gasteiger partial charge in [0.15, 0.2) is 0 Å². The largest absolute Gasteiger partial charge is 0.384 e. The summed E-state index contributed by atoms with van der Waals surface area (Å²) in [6.07, 6.45) is 0.576. The highest BCUT2D eigenvalue weighted by Gasteiger charge is 2.65. The third kappa shape index (κ3) is 1.91. The van der Waals surface area contributed by atoms with Crippen molar-refractivity contribution in [1.29, 1.82) is 0 Å². The van der Waals surface area contributed by atoms with Crippen molar-refractivity contribution in [2.24, 2.45) is 10.8 Å². The van der Waals surface area contributed by atoms with Gasteiger partial charge in [0.25, 0.3) is 0 Å². The van der Waals surface area contributed by atoms with E-state index in [0.29, 0.717) is 18.4 Å². The fraction of sp³-hybridized carbons (Fsp3) is 0.588. The van der Waals surface area contributed by atoms with Crippen LogP contribution in [0.5, 0.6) is 0 Å². The molecule has 0 saturated heterocycles. The van der Waals surface area contributed by atoms with Crippen molar-refractivity contribution in [1.82, 2.24) is 5.32 Å². The van der Waals surface area contributed by atoms with E-state index in [0.717, 1.165) is 6.54 Å². The number of nitrogens with one attached hydrogen (secondary N) is 2. The van der Waals surface area contributed by atoms with Crippen LogP contribution in [-0.4, -0.2) is 18.5 Å². The lowest BCUT2D eigenvalue weighted by Gasteiger charge is -2.11. The minimum absolute atomic E-state index is 0.178. The van der Waals surface area contributed by atoms with E-state index in [1.165, 1.54) is 11.3 Å². The first-order chi connectivity index (χ1) is 9.34. The SMILES string of the molecule is CC1(C)C(NC(=O)CC2CNc3ccccc32)C1(C)C. The molecule has 1 amide bonds. The summed E-state index contributed by atoms with van der Waals surface area (Å²) in [4.78, 5) is 12.3. The minimum atomic E-state index is 0.178. The van der Waals surface area contributed by atoms with Crippen molar-refractivity contribution in [2.75, 3.05) is 11.9 Å². The van der Waals surface area contributed by atoms with Crippen LogP contribution in [0, 0.1) is 10.8 Å². The monoisotopic (exact) mass is 272 g/mol. The standard InChI is InChI=1S/C17H24N2O/c1-16(2)15(17(16,3)4)19-14(20)9-11-10-18-13-8-6-5-7-12(11)13/h5-8,11,15,18H,9-10H2,1-4H3,(H,19,20). The van der Waals surface area contributed by atoms with Crippen molar-refractivity contribution in [2.45, 2.75) is 46.1 Å². The van der Waals surface area contributed by atoms with Crippen LogP contribution in [0.1, 0.15) is 45.6 Å². The molecule has 0 aromatic heterocycles. The van der Waals surface area contributed by atoms with Gasteiger partial charge in [0, 0.05) is 30.6 Å². The predicted octanol–water partition coefficient (Wildman–Crippen LogP) is 3.14. The maximum atomic E-state index is 12.3. The van der Waals surface area contributed by atoms with Gasteiger partial charge in [-0.15, -0.1) is 0 Å². The Hall–Kier alpha value is -1.51. The van der Waals surface area contributed by atoms with E-state index in [1.54, 1.807) is 0 Å². The Morgan fingerprint density at radius 3 is 2.55 bits per heavy atom. The summed E-state index contributed by atoms with van der Waals surface area (Å²) >= 11 is 0. The number of rotatable bonds is 3. The molecule has 2 aliphatic rings. The number of hydrogen-bond acceptors (Lipinski definition) is 2. The molecule has 0 radical (unpaired) electrons. The van der Waals surface area contributed by atoms with Crippen molar-refractivity contribution in [3.63, 3.8) is 0 Å². The van der Waals surface area contributed by atoms with Crippen molar-refractivity contribution in [3.8, 4) is 0 Å². The van der Waals surface area contributed by atoms with E-state index in [2.05, 4.69) is 50.5 Å². The Morgan fingerprint density at radius 2 is 1.90 bits per heavy atom. The smallest absolute Gasteiger partial charge is 0.220 e. The first kappa shape index (κ1) is 13.5. The van der Waals surface area contributed by atoms with Crippen LogP contribution in [-0.2, 0) is 4.79 Å². The first-order valence-electron chi connectivity index (χ1n) is 7.46. The lowest BCUT2D eigenvalue weighted by atomic mass is 9.97. The van der Waals surface area contributed by atoms with Crippen LogP contribution in [0.15, 0.2) is 24.3 Å². The summed E-state index contributed by atoms with van der Waals surface area (Å²) in [5.41, 5.74) is 2.86. The van der Waals surface area contributed by atoms with E-state index >= 15 is 0 Å². The third-order valence-electron chi connectivity index (χ3n) is 5.70. The maximum Gasteiger partial charge on any atom is 0.220 e. The minimum Gasteiger partial charge on any atom is -0.384 e. The highest BCUT2D eigenvalue weighted by molar-refractivity contribution is 5.79. The molecule has 0 spiro atoms. The van der Waals surface area contributed by atoms with Crippen molar-refractivity contribution < 1.29 is 4.79 Å². The number of para-hydroxylation sites is 1. The number of hydrogen-bond donors (Lipinski definition) is 2. The molecule has 108 valence electrons. The molecule has 1 atom stereocenters. The summed E-state index contributed by atoms with van der Waals surface area (Å²) in [6, 6.07) is 8.58. The molecule has 1 heterocycles. The molecule has 2 N–H and O–H groups in total. The molecule has 1 saturated carbocycles. The number of anilines is 1. The molecule has 1 aromatic rings. The Kier molecular flexibility index (Phi) is 2.86. The van der Waals surface area contributed by atoms with E-state index in [-0.39, 0.29) is 16.7 Å². The summed E-state index contributed by atoms with van der Waals surface area (Å²) in [5.74, 6) is 0.480. The number of fused-ring (bicyclic) bond motifs is 1. The fourth-order valence-electron chi connectivity index (χ4n) is 3.54. The highest BCUT2D eigenvalue weighted by atomic mass is 16.1. The highest BCUT2D eigenvalue weighted by Crippen LogP contribution is 2.62. The summed E-state index contributed by atoms with van der Waals surface area (Å²) < 4.78 is 0. The van der Waals surface area contributed by atoms with Crippen LogP contribution in [0.3, 0.4) is 0 Å². The Balaban J connectivity index is 1.62. The molecular weight excluding hydrogens is 248 g/mol. The number of carbonyl (C=O) groups is 1. The number of benzene rings is 1. The van der Waals surface area contributed by atoms with E-state index in [1.807, 2.05) is 12.1 Å². The quantitative estimate of drug-likeness (QED) is 0.887. The topological polar surface area (TPSA) is 41.1 Å². The summed E-state index contributed by atoms with van der Waals surface area (Å²) in [5, 5.41) is 6.60. The lowest BCUT2D eigenvalue weighted by molar-refractivity contribution is -0.121. The van der Waals surface area contributed by atoms with E-state index < -0.39 is 0 Å². The fourth-order valence-corrected chi connectivity index (χ4v) is 3.54. The summed E-state index contributed by atoms with van der Waals surface area (Å²) in [6.45, 7) is 9.77. The molecule has 1 fully saturated rings. The lowest BCUT2D eigenvalue weighted by Crippen LogP contribution is -2.31. The molecule has 0 bridgehead atoms.